The van der Waals surface area contributed by atoms with Gasteiger partial charge in [-0.1, -0.05) is 0 Å². The number of fused-ring (bicyclic) bond motifs is 2. The molecule has 0 spiro atoms. The largest absolute Gasteiger partial charge is 0.490 e. The zero-order valence-electron chi connectivity index (χ0n) is 22.9. The van der Waals surface area contributed by atoms with E-state index in [0.29, 0.717) is 58.3 Å². The highest BCUT2D eigenvalue weighted by atomic mass is 19.1. The fourth-order valence-electron chi connectivity index (χ4n) is 5.42. The third-order valence-electron chi connectivity index (χ3n) is 7.28. The highest BCUT2D eigenvalue weighted by Crippen LogP contribution is 2.42. The number of hydrogen-bond acceptors (Lipinski definition) is 9. The number of rotatable bonds is 6. The van der Waals surface area contributed by atoms with Gasteiger partial charge in [0.1, 0.15) is 29.1 Å². The number of amides is 1. The molecule has 4 aromatic rings. The van der Waals surface area contributed by atoms with Crippen LogP contribution in [0, 0.1) is 17.1 Å². The number of benzene rings is 2. The first-order valence-electron chi connectivity index (χ1n) is 13.5. The molecule has 4 heterocycles. The van der Waals surface area contributed by atoms with Gasteiger partial charge in [-0.2, -0.15) is 15.3 Å². The summed E-state index contributed by atoms with van der Waals surface area (Å²) in [5, 5.41) is 20.1. The van der Waals surface area contributed by atoms with Gasteiger partial charge in [0, 0.05) is 30.3 Å². The summed E-state index contributed by atoms with van der Waals surface area (Å²) >= 11 is 0. The van der Waals surface area contributed by atoms with Gasteiger partial charge < -0.3 is 19.7 Å². The fourth-order valence-corrected chi connectivity index (χ4v) is 5.42. The molecule has 1 saturated heterocycles. The molecule has 1 amide bonds. The first-order valence-corrected chi connectivity index (χ1v) is 13.5. The number of anilines is 5. The maximum Gasteiger partial charge on any atom is 0.254 e. The molecule has 0 saturated carbocycles. The molecule has 2 aromatic carbocycles. The van der Waals surface area contributed by atoms with Crippen molar-refractivity contribution in [2.75, 3.05) is 28.3 Å². The number of nitrogens with zero attached hydrogens (tertiary/aromatic N) is 6. The molecular weight excluding hydrogens is 527 g/mol. The van der Waals surface area contributed by atoms with Crippen molar-refractivity contribution < 1.29 is 18.7 Å². The lowest BCUT2D eigenvalue weighted by Crippen LogP contribution is -2.56. The van der Waals surface area contributed by atoms with Crippen molar-refractivity contribution in [3.63, 3.8) is 0 Å². The minimum atomic E-state index is -0.551. The van der Waals surface area contributed by atoms with Crippen molar-refractivity contribution in [1.29, 1.82) is 5.26 Å². The van der Waals surface area contributed by atoms with E-state index in [2.05, 4.69) is 26.6 Å². The van der Waals surface area contributed by atoms with Crippen LogP contribution < -0.4 is 19.9 Å². The maximum absolute atomic E-state index is 14.6. The van der Waals surface area contributed by atoms with Crippen LogP contribution in [0.2, 0.25) is 0 Å². The van der Waals surface area contributed by atoms with E-state index in [0.717, 1.165) is 12.8 Å². The number of carbonyl (C=O) groups excluding carboxylic acids is 1. The van der Waals surface area contributed by atoms with Crippen molar-refractivity contribution in [1.82, 2.24) is 20.2 Å². The zero-order valence-corrected chi connectivity index (χ0v) is 22.9. The number of H-pyrrole nitrogens is 1. The zero-order chi connectivity index (χ0) is 28.7. The Balaban J connectivity index is 1.43. The molecule has 2 aliphatic heterocycles. The molecule has 1 fully saturated rings. The minimum Gasteiger partial charge on any atom is -0.490 e. The van der Waals surface area contributed by atoms with Gasteiger partial charge in [0.05, 0.1) is 29.7 Å². The monoisotopic (exact) mass is 556 g/mol. The van der Waals surface area contributed by atoms with E-state index in [1.807, 2.05) is 25.7 Å². The summed E-state index contributed by atoms with van der Waals surface area (Å²) < 4.78 is 26.0. The van der Waals surface area contributed by atoms with Crippen LogP contribution >= 0.6 is 0 Å². The number of halogens is 1. The summed E-state index contributed by atoms with van der Waals surface area (Å²) in [6.45, 7) is 6.80. The first-order chi connectivity index (χ1) is 19.8. The van der Waals surface area contributed by atoms with Crippen molar-refractivity contribution in [2.24, 2.45) is 0 Å². The molecule has 0 bridgehead atoms. The number of ether oxygens (including phenoxy) is 2. The number of nitriles is 1. The SMILES string of the molecule is CC(C)Oc1ccc(N2C(=O)[C@@H](C)N(C3CCOCC3)c3nc(Nc4cc(F)c5[nH]ncc5c4)ncc32)cc1C#N. The van der Waals surface area contributed by atoms with Crippen LogP contribution in [0.1, 0.15) is 39.2 Å². The average Bonchev–Trinajstić information content (AvgIpc) is 3.44. The molecule has 2 aliphatic rings. The first kappa shape index (κ1) is 26.5. The number of aromatic nitrogens is 4. The highest BCUT2D eigenvalue weighted by Gasteiger charge is 2.41. The summed E-state index contributed by atoms with van der Waals surface area (Å²) in [6, 6.07) is 9.86. The van der Waals surface area contributed by atoms with Crippen molar-refractivity contribution >= 4 is 45.6 Å². The Bertz CT molecular complexity index is 1660. The Kier molecular flexibility index (Phi) is 6.88. The van der Waals surface area contributed by atoms with Gasteiger partial charge in [0.2, 0.25) is 5.95 Å². The number of hydrogen-bond donors (Lipinski definition) is 2. The molecule has 11 nitrogen and oxygen atoms in total. The van der Waals surface area contributed by atoms with Crippen LogP contribution in [-0.4, -0.2) is 57.5 Å². The van der Waals surface area contributed by atoms with Crippen LogP contribution in [-0.2, 0) is 9.53 Å². The molecule has 12 heteroatoms. The van der Waals surface area contributed by atoms with Gasteiger partial charge in [-0.25, -0.2) is 9.37 Å². The van der Waals surface area contributed by atoms with Crippen LogP contribution in [0.4, 0.5) is 33.2 Å². The predicted octanol–water partition coefficient (Wildman–Crippen LogP) is 4.95. The summed E-state index contributed by atoms with van der Waals surface area (Å²) in [6.07, 6.45) is 4.50. The molecule has 0 radical (unpaired) electrons. The molecule has 2 N–H and O–H groups in total. The molecule has 0 aliphatic carbocycles. The lowest BCUT2D eigenvalue weighted by molar-refractivity contribution is -0.119. The van der Waals surface area contributed by atoms with E-state index < -0.39 is 11.9 Å². The predicted molar refractivity (Wildman–Crippen MR) is 151 cm³/mol. The third-order valence-corrected chi connectivity index (χ3v) is 7.28. The lowest BCUT2D eigenvalue weighted by Gasteiger charge is -2.45. The second-order valence-corrected chi connectivity index (χ2v) is 10.4. The van der Waals surface area contributed by atoms with Crippen LogP contribution in [0.15, 0.2) is 42.7 Å². The Labute approximate surface area is 235 Å². The quantitative estimate of drug-likeness (QED) is 0.339. The molecule has 1 atom stereocenters. The van der Waals surface area contributed by atoms with Gasteiger partial charge in [-0.15, -0.1) is 0 Å². The van der Waals surface area contributed by atoms with Gasteiger partial charge in [-0.05, 0) is 63.9 Å². The summed E-state index contributed by atoms with van der Waals surface area (Å²) in [4.78, 5) is 26.9. The Morgan fingerprint density at radius 3 is 2.78 bits per heavy atom. The molecular formula is C29H29FN8O3. The molecule has 0 unspecified atom stereocenters. The second-order valence-electron chi connectivity index (χ2n) is 10.4. The summed E-state index contributed by atoms with van der Waals surface area (Å²) in [5.41, 5.74) is 2.10. The average molecular weight is 557 g/mol. The topological polar surface area (TPSA) is 132 Å². The molecule has 2 aromatic heterocycles. The van der Waals surface area contributed by atoms with E-state index in [1.165, 1.54) is 6.07 Å². The smallest absolute Gasteiger partial charge is 0.254 e. The lowest BCUT2D eigenvalue weighted by atomic mass is 10.0. The fraction of sp³-hybridized carbons (Fsp3) is 0.345. The molecule has 210 valence electrons. The van der Waals surface area contributed by atoms with Crippen LogP contribution in [0.5, 0.6) is 5.75 Å². The second kappa shape index (κ2) is 10.7. The van der Waals surface area contributed by atoms with E-state index in [-0.39, 0.29) is 24.0 Å². The summed E-state index contributed by atoms with van der Waals surface area (Å²) in [7, 11) is 0. The maximum atomic E-state index is 14.6. The minimum absolute atomic E-state index is 0.0302. The third kappa shape index (κ3) is 4.89. The van der Waals surface area contributed by atoms with Gasteiger partial charge in [-0.3, -0.25) is 14.8 Å². The molecule has 6 rings (SSSR count). The van der Waals surface area contributed by atoms with E-state index in [9.17, 15) is 14.4 Å². The Morgan fingerprint density at radius 1 is 1.22 bits per heavy atom. The standard InChI is InChI=1S/C29H29FN8O3/c1-16(2)41-25-5-4-22(11-18(25)13-31)38-24-15-32-29(34-20-10-19-14-33-36-26(19)23(30)12-20)35-27(24)37(17(3)28(38)39)21-6-8-40-9-7-21/h4-5,10-12,14-17,21H,6-9H2,1-3H3,(H,33,36)(H,32,34,35)/t17-/m1/s1. The van der Waals surface area contributed by atoms with Crippen LogP contribution in [0.25, 0.3) is 10.9 Å². The van der Waals surface area contributed by atoms with E-state index in [4.69, 9.17) is 14.5 Å². The Morgan fingerprint density at radius 2 is 2.02 bits per heavy atom. The van der Waals surface area contributed by atoms with Crippen molar-refractivity contribution in [3.05, 3.63) is 54.1 Å². The van der Waals surface area contributed by atoms with Crippen molar-refractivity contribution in [2.45, 2.75) is 51.8 Å². The van der Waals surface area contributed by atoms with Crippen molar-refractivity contribution in [3.8, 4) is 11.8 Å². The number of nitrogens with one attached hydrogen (secondary N) is 2. The Hall–Kier alpha value is -4.76. The van der Waals surface area contributed by atoms with Gasteiger partial charge in [0.15, 0.2) is 11.6 Å². The van der Waals surface area contributed by atoms with Gasteiger partial charge in [0.25, 0.3) is 5.91 Å². The summed E-state index contributed by atoms with van der Waals surface area (Å²) in [5.74, 6) is 0.649. The normalized spacial score (nSPS) is 17.6. The number of aromatic amines is 1. The van der Waals surface area contributed by atoms with E-state index in [1.54, 1.807) is 41.6 Å². The van der Waals surface area contributed by atoms with Gasteiger partial charge >= 0.3 is 0 Å². The highest BCUT2D eigenvalue weighted by molar-refractivity contribution is 6.10. The van der Waals surface area contributed by atoms with Crippen LogP contribution in [0.3, 0.4) is 0 Å². The van der Waals surface area contributed by atoms with E-state index >= 15 is 0 Å². The number of carbonyl (C=O) groups is 1. The molecule has 41 heavy (non-hydrogen) atoms.